The largest absolute Gasteiger partial charge is 0.372 e. The Balaban J connectivity index is 2.28. The number of hydrogen-bond donors (Lipinski definition) is 1. The predicted molar refractivity (Wildman–Crippen MR) is 73.1 cm³/mol. The molecule has 1 aromatic carbocycles. The number of hydrogen-bond acceptors (Lipinski definition) is 2. The van der Waals surface area contributed by atoms with Gasteiger partial charge in [-0.05, 0) is 24.9 Å². The average molecular weight is 235 g/mol. The number of ether oxygens (including phenoxy) is 1. The zero-order chi connectivity index (χ0) is 12.3. The van der Waals surface area contributed by atoms with Gasteiger partial charge in [0.05, 0.1) is 12.7 Å². The minimum atomic E-state index is 0.340. The summed E-state index contributed by atoms with van der Waals surface area (Å²) >= 11 is 0. The highest BCUT2D eigenvalue weighted by Crippen LogP contribution is 2.07. The molecule has 17 heavy (non-hydrogen) atoms. The topological polar surface area (TPSA) is 21.3 Å². The van der Waals surface area contributed by atoms with E-state index in [1.165, 1.54) is 18.4 Å². The van der Waals surface area contributed by atoms with E-state index in [0.29, 0.717) is 6.10 Å². The molecule has 0 aliphatic heterocycles. The van der Waals surface area contributed by atoms with Gasteiger partial charge in [0.15, 0.2) is 0 Å². The van der Waals surface area contributed by atoms with Gasteiger partial charge in [-0.1, -0.05) is 50.6 Å². The number of rotatable bonds is 9. The van der Waals surface area contributed by atoms with Crippen LogP contribution < -0.4 is 5.32 Å². The molecular formula is C15H25NO. The third kappa shape index (κ3) is 6.44. The van der Waals surface area contributed by atoms with Crippen molar-refractivity contribution in [2.75, 3.05) is 13.1 Å². The molecule has 1 atom stereocenters. The second kappa shape index (κ2) is 9.20. The lowest BCUT2D eigenvalue weighted by molar-refractivity contribution is 0.0349. The Morgan fingerprint density at radius 1 is 1.12 bits per heavy atom. The van der Waals surface area contributed by atoms with Gasteiger partial charge in [-0.25, -0.2) is 0 Å². The van der Waals surface area contributed by atoms with Gasteiger partial charge in [0.2, 0.25) is 0 Å². The zero-order valence-corrected chi connectivity index (χ0v) is 11.1. The molecule has 96 valence electrons. The van der Waals surface area contributed by atoms with Crippen LogP contribution in [-0.2, 0) is 11.3 Å². The Labute approximate surface area is 105 Å². The third-order valence-corrected chi connectivity index (χ3v) is 2.74. The first-order valence-corrected chi connectivity index (χ1v) is 6.73. The van der Waals surface area contributed by atoms with Gasteiger partial charge in [-0.3, -0.25) is 0 Å². The van der Waals surface area contributed by atoms with Gasteiger partial charge < -0.3 is 10.1 Å². The van der Waals surface area contributed by atoms with Crippen LogP contribution in [0.2, 0.25) is 0 Å². The van der Waals surface area contributed by atoms with Gasteiger partial charge in [0, 0.05) is 6.54 Å². The summed E-state index contributed by atoms with van der Waals surface area (Å²) in [5, 5.41) is 3.43. The molecule has 1 aromatic rings. The second-order valence-corrected chi connectivity index (χ2v) is 4.41. The fourth-order valence-corrected chi connectivity index (χ4v) is 1.79. The van der Waals surface area contributed by atoms with E-state index in [-0.39, 0.29) is 0 Å². The first-order valence-electron chi connectivity index (χ1n) is 6.73. The molecule has 0 heterocycles. The quantitative estimate of drug-likeness (QED) is 0.663. The second-order valence-electron chi connectivity index (χ2n) is 4.41. The summed E-state index contributed by atoms with van der Waals surface area (Å²) in [6.45, 7) is 7.16. The van der Waals surface area contributed by atoms with Gasteiger partial charge in [0.25, 0.3) is 0 Å². The number of benzene rings is 1. The summed E-state index contributed by atoms with van der Waals surface area (Å²) in [6, 6.07) is 10.4. The van der Waals surface area contributed by atoms with Crippen LogP contribution in [0.5, 0.6) is 0 Å². The van der Waals surface area contributed by atoms with Gasteiger partial charge in [-0.2, -0.15) is 0 Å². The van der Waals surface area contributed by atoms with Crippen LogP contribution in [0.1, 0.15) is 38.7 Å². The molecule has 0 bridgehead atoms. The molecule has 0 fully saturated rings. The summed E-state index contributed by atoms with van der Waals surface area (Å²) < 4.78 is 5.95. The van der Waals surface area contributed by atoms with E-state index in [4.69, 9.17) is 4.74 Å². The van der Waals surface area contributed by atoms with Crippen LogP contribution in [-0.4, -0.2) is 19.2 Å². The summed E-state index contributed by atoms with van der Waals surface area (Å²) in [7, 11) is 0. The Bertz CT molecular complexity index is 274. The van der Waals surface area contributed by atoms with E-state index in [9.17, 15) is 0 Å². The van der Waals surface area contributed by atoms with Crippen LogP contribution in [0.4, 0.5) is 0 Å². The highest BCUT2D eigenvalue weighted by molar-refractivity contribution is 5.13. The standard InChI is InChI=1S/C15H25NO/c1-3-8-15(12-16-11-4-2)17-13-14-9-6-5-7-10-14/h5-7,9-10,15-16H,3-4,8,11-13H2,1-2H3. The Morgan fingerprint density at radius 2 is 1.88 bits per heavy atom. The first-order chi connectivity index (χ1) is 8.36. The number of nitrogens with one attached hydrogen (secondary N) is 1. The maximum atomic E-state index is 5.95. The monoisotopic (exact) mass is 235 g/mol. The third-order valence-electron chi connectivity index (χ3n) is 2.74. The fourth-order valence-electron chi connectivity index (χ4n) is 1.79. The van der Waals surface area contributed by atoms with E-state index >= 15 is 0 Å². The molecule has 1 unspecified atom stereocenters. The van der Waals surface area contributed by atoms with Gasteiger partial charge in [0.1, 0.15) is 0 Å². The molecule has 0 aliphatic carbocycles. The molecule has 0 radical (unpaired) electrons. The van der Waals surface area contributed by atoms with Crippen LogP contribution in [0.15, 0.2) is 30.3 Å². The van der Waals surface area contributed by atoms with Crippen molar-refractivity contribution in [2.24, 2.45) is 0 Å². The van der Waals surface area contributed by atoms with E-state index in [1.54, 1.807) is 0 Å². The molecule has 2 heteroatoms. The molecule has 0 saturated heterocycles. The predicted octanol–water partition coefficient (Wildman–Crippen LogP) is 3.37. The lowest BCUT2D eigenvalue weighted by atomic mass is 10.2. The molecule has 0 aromatic heterocycles. The highest BCUT2D eigenvalue weighted by atomic mass is 16.5. The summed E-state index contributed by atoms with van der Waals surface area (Å²) in [5.74, 6) is 0. The Hall–Kier alpha value is -0.860. The lowest BCUT2D eigenvalue weighted by Gasteiger charge is -2.18. The van der Waals surface area contributed by atoms with E-state index in [1.807, 2.05) is 6.07 Å². The normalized spacial score (nSPS) is 12.6. The zero-order valence-electron chi connectivity index (χ0n) is 11.1. The van der Waals surface area contributed by atoms with Crippen molar-refractivity contribution in [1.29, 1.82) is 0 Å². The molecular weight excluding hydrogens is 210 g/mol. The maximum Gasteiger partial charge on any atom is 0.0721 e. The molecule has 0 amide bonds. The van der Waals surface area contributed by atoms with Crippen molar-refractivity contribution in [2.45, 2.75) is 45.8 Å². The van der Waals surface area contributed by atoms with E-state index in [2.05, 4.69) is 43.4 Å². The Kier molecular flexibility index (Phi) is 7.69. The lowest BCUT2D eigenvalue weighted by Crippen LogP contribution is -2.29. The summed E-state index contributed by atoms with van der Waals surface area (Å²) in [6.07, 6.45) is 3.82. The van der Waals surface area contributed by atoms with E-state index in [0.717, 1.165) is 26.1 Å². The van der Waals surface area contributed by atoms with Crippen molar-refractivity contribution < 1.29 is 4.74 Å². The fraction of sp³-hybridized carbons (Fsp3) is 0.600. The van der Waals surface area contributed by atoms with Crippen molar-refractivity contribution >= 4 is 0 Å². The minimum absolute atomic E-state index is 0.340. The molecule has 0 saturated carbocycles. The average Bonchev–Trinajstić information content (AvgIpc) is 2.37. The van der Waals surface area contributed by atoms with Gasteiger partial charge in [-0.15, -0.1) is 0 Å². The SMILES string of the molecule is CCCNCC(CCC)OCc1ccccc1. The van der Waals surface area contributed by atoms with Crippen LogP contribution in [0.25, 0.3) is 0 Å². The first kappa shape index (κ1) is 14.2. The van der Waals surface area contributed by atoms with Crippen molar-refractivity contribution in [3.8, 4) is 0 Å². The Morgan fingerprint density at radius 3 is 2.53 bits per heavy atom. The van der Waals surface area contributed by atoms with Crippen LogP contribution in [0, 0.1) is 0 Å². The minimum Gasteiger partial charge on any atom is -0.372 e. The van der Waals surface area contributed by atoms with E-state index < -0.39 is 0 Å². The maximum absolute atomic E-state index is 5.95. The van der Waals surface area contributed by atoms with Crippen molar-refractivity contribution in [3.63, 3.8) is 0 Å². The molecule has 0 spiro atoms. The van der Waals surface area contributed by atoms with Crippen LogP contribution >= 0.6 is 0 Å². The van der Waals surface area contributed by atoms with Crippen LogP contribution in [0.3, 0.4) is 0 Å². The van der Waals surface area contributed by atoms with Gasteiger partial charge >= 0.3 is 0 Å². The van der Waals surface area contributed by atoms with Crippen molar-refractivity contribution in [1.82, 2.24) is 5.32 Å². The highest BCUT2D eigenvalue weighted by Gasteiger charge is 2.07. The molecule has 0 aliphatic rings. The molecule has 1 N–H and O–H groups in total. The smallest absolute Gasteiger partial charge is 0.0721 e. The van der Waals surface area contributed by atoms with Crippen molar-refractivity contribution in [3.05, 3.63) is 35.9 Å². The summed E-state index contributed by atoms with van der Waals surface area (Å²) in [5.41, 5.74) is 1.25. The summed E-state index contributed by atoms with van der Waals surface area (Å²) in [4.78, 5) is 0. The molecule has 1 rings (SSSR count). The molecule has 2 nitrogen and oxygen atoms in total.